The van der Waals surface area contributed by atoms with E-state index in [2.05, 4.69) is 0 Å². The monoisotopic (exact) mass is 259 g/mol. The number of aryl methyl sites for hydroxylation is 3. The summed E-state index contributed by atoms with van der Waals surface area (Å²) in [6, 6.07) is 7.02. The molecule has 0 unspecified atom stereocenters. The van der Waals surface area contributed by atoms with Crippen molar-refractivity contribution in [3.05, 3.63) is 46.8 Å². The van der Waals surface area contributed by atoms with E-state index in [4.69, 9.17) is 10.5 Å². The predicted molar refractivity (Wildman–Crippen MR) is 77.0 cm³/mol. The van der Waals surface area contributed by atoms with Gasteiger partial charge in [0.2, 0.25) is 0 Å². The van der Waals surface area contributed by atoms with Gasteiger partial charge in [0.25, 0.3) is 0 Å². The number of anilines is 1. The Kier molecular flexibility index (Phi) is 3.47. The third kappa shape index (κ3) is 2.41. The summed E-state index contributed by atoms with van der Waals surface area (Å²) >= 11 is 0. The summed E-state index contributed by atoms with van der Waals surface area (Å²) in [5.41, 5.74) is 10.6. The van der Waals surface area contributed by atoms with Crippen LogP contribution in [0.15, 0.2) is 24.3 Å². The van der Waals surface area contributed by atoms with Crippen molar-refractivity contribution in [3.8, 4) is 16.9 Å². The number of hydrogen-bond acceptors (Lipinski definition) is 2. The molecular formula is C16H18FNO. The van der Waals surface area contributed by atoms with Crippen LogP contribution in [0.25, 0.3) is 11.1 Å². The van der Waals surface area contributed by atoms with Gasteiger partial charge >= 0.3 is 0 Å². The van der Waals surface area contributed by atoms with Crippen LogP contribution in [0, 0.1) is 26.6 Å². The van der Waals surface area contributed by atoms with E-state index in [9.17, 15) is 4.39 Å². The number of nitrogens with two attached hydrogens (primary N) is 1. The van der Waals surface area contributed by atoms with Crippen LogP contribution >= 0.6 is 0 Å². The van der Waals surface area contributed by atoms with E-state index in [1.54, 1.807) is 20.1 Å². The third-order valence-corrected chi connectivity index (χ3v) is 3.39. The van der Waals surface area contributed by atoms with E-state index in [-0.39, 0.29) is 5.82 Å². The second-order valence-corrected chi connectivity index (χ2v) is 4.83. The summed E-state index contributed by atoms with van der Waals surface area (Å²) < 4.78 is 19.4. The topological polar surface area (TPSA) is 35.2 Å². The van der Waals surface area contributed by atoms with Crippen molar-refractivity contribution < 1.29 is 9.13 Å². The third-order valence-electron chi connectivity index (χ3n) is 3.39. The highest BCUT2D eigenvalue weighted by Gasteiger charge is 2.12. The molecule has 0 amide bonds. The van der Waals surface area contributed by atoms with Crippen LogP contribution in [-0.2, 0) is 0 Å². The fourth-order valence-electron chi connectivity index (χ4n) is 2.20. The van der Waals surface area contributed by atoms with Gasteiger partial charge in [-0.05, 0) is 67.3 Å². The van der Waals surface area contributed by atoms with Crippen LogP contribution in [0.1, 0.15) is 16.7 Å². The summed E-state index contributed by atoms with van der Waals surface area (Å²) in [6.45, 7) is 5.68. The van der Waals surface area contributed by atoms with E-state index < -0.39 is 0 Å². The molecule has 2 nitrogen and oxygen atoms in total. The molecule has 0 saturated heterocycles. The van der Waals surface area contributed by atoms with Crippen molar-refractivity contribution in [2.45, 2.75) is 20.8 Å². The summed E-state index contributed by atoms with van der Waals surface area (Å²) in [4.78, 5) is 0. The first kappa shape index (κ1) is 13.4. The van der Waals surface area contributed by atoms with E-state index in [0.29, 0.717) is 11.3 Å². The van der Waals surface area contributed by atoms with Crippen molar-refractivity contribution in [3.63, 3.8) is 0 Å². The summed E-state index contributed by atoms with van der Waals surface area (Å²) in [6.07, 6.45) is 0. The molecule has 2 aromatic carbocycles. The van der Waals surface area contributed by atoms with Crippen molar-refractivity contribution in [1.29, 1.82) is 0 Å². The Morgan fingerprint density at radius 2 is 1.58 bits per heavy atom. The second kappa shape index (κ2) is 4.92. The zero-order valence-corrected chi connectivity index (χ0v) is 11.7. The van der Waals surface area contributed by atoms with Gasteiger partial charge in [0.15, 0.2) is 0 Å². The van der Waals surface area contributed by atoms with E-state index in [1.165, 1.54) is 6.07 Å². The van der Waals surface area contributed by atoms with Crippen LogP contribution < -0.4 is 10.5 Å². The largest absolute Gasteiger partial charge is 0.496 e. The van der Waals surface area contributed by atoms with Gasteiger partial charge in [0.1, 0.15) is 11.6 Å². The maximum absolute atomic E-state index is 14.1. The van der Waals surface area contributed by atoms with Gasteiger partial charge in [-0.25, -0.2) is 4.39 Å². The first-order valence-electron chi connectivity index (χ1n) is 6.15. The first-order valence-corrected chi connectivity index (χ1v) is 6.15. The molecule has 19 heavy (non-hydrogen) atoms. The highest BCUT2D eigenvalue weighted by molar-refractivity contribution is 5.73. The number of methoxy groups -OCH3 is 1. The number of rotatable bonds is 2. The molecule has 0 spiro atoms. The molecule has 0 aromatic heterocycles. The molecule has 0 heterocycles. The lowest BCUT2D eigenvalue weighted by Gasteiger charge is -2.13. The van der Waals surface area contributed by atoms with Gasteiger partial charge < -0.3 is 10.5 Å². The van der Waals surface area contributed by atoms with E-state index in [0.717, 1.165) is 28.0 Å². The number of halogens is 1. The minimum atomic E-state index is -0.251. The fourth-order valence-corrected chi connectivity index (χ4v) is 2.20. The van der Waals surface area contributed by atoms with Gasteiger partial charge in [0, 0.05) is 11.3 Å². The summed E-state index contributed by atoms with van der Waals surface area (Å²) in [7, 11) is 1.63. The van der Waals surface area contributed by atoms with Gasteiger partial charge in [-0.1, -0.05) is 0 Å². The first-order chi connectivity index (χ1) is 8.93. The molecule has 0 bridgehead atoms. The highest BCUT2D eigenvalue weighted by Crippen LogP contribution is 2.33. The molecule has 2 rings (SSSR count). The van der Waals surface area contributed by atoms with Crippen LogP contribution in [0.5, 0.6) is 5.75 Å². The quantitative estimate of drug-likeness (QED) is 0.827. The molecule has 0 radical (unpaired) electrons. The smallest absolute Gasteiger partial charge is 0.131 e. The maximum atomic E-state index is 14.1. The van der Waals surface area contributed by atoms with Crippen LogP contribution in [0.2, 0.25) is 0 Å². The van der Waals surface area contributed by atoms with Crippen LogP contribution in [0.4, 0.5) is 10.1 Å². The van der Waals surface area contributed by atoms with Crippen molar-refractivity contribution in [2.24, 2.45) is 0 Å². The Bertz CT molecular complexity index is 635. The van der Waals surface area contributed by atoms with Gasteiger partial charge in [-0.3, -0.25) is 0 Å². The lowest BCUT2D eigenvalue weighted by atomic mass is 9.96. The van der Waals surface area contributed by atoms with Crippen LogP contribution in [-0.4, -0.2) is 7.11 Å². The lowest BCUT2D eigenvalue weighted by molar-refractivity contribution is 0.411. The molecule has 0 fully saturated rings. The highest BCUT2D eigenvalue weighted by atomic mass is 19.1. The molecular weight excluding hydrogens is 241 g/mol. The predicted octanol–water partition coefficient (Wildman–Crippen LogP) is 4.01. The van der Waals surface area contributed by atoms with E-state index >= 15 is 0 Å². The maximum Gasteiger partial charge on any atom is 0.131 e. The summed E-state index contributed by atoms with van der Waals surface area (Å²) in [5, 5.41) is 0. The molecule has 2 N–H and O–H groups in total. The Balaban J connectivity index is 2.65. The van der Waals surface area contributed by atoms with E-state index in [1.807, 2.05) is 26.0 Å². The van der Waals surface area contributed by atoms with Crippen molar-refractivity contribution in [2.75, 3.05) is 12.8 Å². The molecule has 0 atom stereocenters. The SMILES string of the molecule is COc1cc(C)c(-c2cc(N)c(C)cc2F)cc1C. The molecule has 3 heteroatoms. The molecule has 0 aliphatic rings. The zero-order chi connectivity index (χ0) is 14.2. The molecule has 0 saturated carbocycles. The average molecular weight is 259 g/mol. The molecule has 0 aliphatic heterocycles. The lowest BCUT2D eigenvalue weighted by Crippen LogP contribution is -1.96. The van der Waals surface area contributed by atoms with Gasteiger partial charge in [0.05, 0.1) is 7.11 Å². The number of nitrogen functional groups attached to an aromatic ring is 1. The standard InChI is InChI=1S/C16H18FNO/c1-9-7-16(19-4)11(3)5-12(9)13-8-15(18)10(2)6-14(13)17/h5-8H,18H2,1-4H3. The number of benzene rings is 2. The van der Waals surface area contributed by atoms with Crippen molar-refractivity contribution in [1.82, 2.24) is 0 Å². The van der Waals surface area contributed by atoms with Crippen molar-refractivity contribution >= 4 is 5.69 Å². The van der Waals surface area contributed by atoms with Crippen LogP contribution in [0.3, 0.4) is 0 Å². The summed E-state index contributed by atoms with van der Waals surface area (Å²) in [5.74, 6) is 0.557. The normalized spacial score (nSPS) is 10.6. The Labute approximate surface area is 113 Å². The fraction of sp³-hybridized carbons (Fsp3) is 0.250. The zero-order valence-electron chi connectivity index (χ0n) is 11.7. The van der Waals surface area contributed by atoms with Gasteiger partial charge in [-0.15, -0.1) is 0 Å². The number of hydrogen-bond donors (Lipinski definition) is 1. The number of ether oxygens (including phenoxy) is 1. The molecule has 2 aromatic rings. The Morgan fingerprint density at radius 3 is 2.21 bits per heavy atom. The van der Waals surface area contributed by atoms with Gasteiger partial charge in [-0.2, -0.15) is 0 Å². The average Bonchev–Trinajstić information content (AvgIpc) is 2.36. The Hall–Kier alpha value is -2.03. The second-order valence-electron chi connectivity index (χ2n) is 4.83. The minimum absolute atomic E-state index is 0.251. The minimum Gasteiger partial charge on any atom is -0.496 e. The molecule has 100 valence electrons. The molecule has 0 aliphatic carbocycles. The Morgan fingerprint density at radius 1 is 0.895 bits per heavy atom.